The monoisotopic (exact) mass is 377 g/mol. The van der Waals surface area contributed by atoms with E-state index in [0.29, 0.717) is 6.54 Å². The van der Waals surface area contributed by atoms with Crippen LogP contribution in [0.1, 0.15) is 30.4 Å². The van der Waals surface area contributed by atoms with E-state index in [1.807, 2.05) is 0 Å². The lowest BCUT2D eigenvalue weighted by molar-refractivity contribution is -0.137. The standard InChI is InChI=1S/C17H22F3N3O.ClH/c18-17(19,20)13-5-3-12(4-6-13)10-23-9-7-14(11-23)22-16(24)15-2-1-8-21-15;/h3-6,14-15,21H,1-2,7-11H2,(H,22,24);1H. The fourth-order valence-electron chi connectivity index (χ4n) is 3.36. The second-order valence-electron chi connectivity index (χ2n) is 6.57. The van der Waals surface area contributed by atoms with E-state index in [-0.39, 0.29) is 30.4 Å². The molecule has 0 radical (unpaired) electrons. The molecule has 4 nitrogen and oxygen atoms in total. The van der Waals surface area contributed by atoms with E-state index in [1.165, 1.54) is 12.1 Å². The number of carbonyl (C=O) groups is 1. The predicted molar refractivity (Wildman–Crippen MR) is 91.5 cm³/mol. The number of halogens is 4. The number of hydrogen-bond donors (Lipinski definition) is 2. The molecule has 3 rings (SSSR count). The molecule has 0 aromatic heterocycles. The number of benzene rings is 1. The molecule has 140 valence electrons. The van der Waals surface area contributed by atoms with Crippen molar-refractivity contribution in [3.8, 4) is 0 Å². The number of rotatable bonds is 4. The van der Waals surface area contributed by atoms with Gasteiger partial charge in [-0.2, -0.15) is 13.2 Å². The molecule has 0 saturated carbocycles. The second-order valence-corrected chi connectivity index (χ2v) is 6.57. The van der Waals surface area contributed by atoms with Crippen molar-refractivity contribution in [1.82, 2.24) is 15.5 Å². The maximum Gasteiger partial charge on any atom is 0.416 e. The molecule has 0 spiro atoms. The van der Waals surface area contributed by atoms with E-state index in [9.17, 15) is 18.0 Å². The molecule has 25 heavy (non-hydrogen) atoms. The van der Waals surface area contributed by atoms with Gasteiger partial charge in [0.25, 0.3) is 0 Å². The number of likely N-dealkylation sites (tertiary alicyclic amines) is 1. The lowest BCUT2D eigenvalue weighted by Crippen LogP contribution is -2.46. The SMILES string of the molecule is Cl.O=C(NC1CCN(Cc2ccc(C(F)(F)F)cc2)C1)C1CCCN1. The molecule has 2 aliphatic heterocycles. The van der Waals surface area contributed by atoms with Crippen LogP contribution in [0, 0.1) is 0 Å². The molecule has 2 heterocycles. The van der Waals surface area contributed by atoms with Gasteiger partial charge in [-0.15, -0.1) is 12.4 Å². The minimum atomic E-state index is -4.30. The summed E-state index contributed by atoms with van der Waals surface area (Å²) in [6, 6.07) is 5.34. The Morgan fingerprint density at radius 2 is 1.96 bits per heavy atom. The van der Waals surface area contributed by atoms with Crippen molar-refractivity contribution in [2.75, 3.05) is 19.6 Å². The molecule has 1 amide bonds. The van der Waals surface area contributed by atoms with Gasteiger partial charge in [0.1, 0.15) is 0 Å². The van der Waals surface area contributed by atoms with Gasteiger partial charge >= 0.3 is 6.18 Å². The molecule has 2 saturated heterocycles. The van der Waals surface area contributed by atoms with Crippen LogP contribution in [0.25, 0.3) is 0 Å². The minimum absolute atomic E-state index is 0. The van der Waals surface area contributed by atoms with Gasteiger partial charge in [0, 0.05) is 25.7 Å². The molecule has 1 aromatic carbocycles. The first kappa shape index (κ1) is 20.0. The van der Waals surface area contributed by atoms with Gasteiger partial charge in [-0.05, 0) is 43.5 Å². The van der Waals surface area contributed by atoms with Gasteiger partial charge in [0.2, 0.25) is 5.91 Å². The van der Waals surface area contributed by atoms with Crippen LogP contribution >= 0.6 is 12.4 Å². The number of hydrogen-bond acceptors (Lipinski definition) is 3. The van der Waals surface area contributed by atoms with Crippen molar-refractivity contribution < 1.29 is 18.0 Å². The van der Waals surface area contributed by atoms with E-state index < -0.39 is 11.7 Å². The Labute approximate surface area is 151 Å². The predicted octanol–water partition coefficient (Wildman–Crippen LogP) is 2.57. The third-order valence-electron chi connectivity index (χ3n) is 4.68. The first-order chi connectivity index (χ1) is 11.4. The average Bonchev–Trinajstić information content (AvgIpc) is 3.19. The highest BCUT2D eigenvalue weighted by Crippen LogP contribution is 2.29. The second kappa shape index (κ2) is 8.38. The highest BCUT2D eigenvalue weighted by Gasteiger charge is 2.31. The Morgan fingerprint density at radius 3 is 2.56 bits per heavy atom. The summed E-state index contributed by atoms with van der Waals surface area (Å²) < 4.78 is 37.7. The molecule has 1 aromatic rings. The molecular weight excluding hydrogens is 355 g/mol. The number of nitrogens with one attached hydrogen (secondary N) is 2. The van der Waals surface area contributed by atoms with Gasteiger partial charge < -0.3 is 10.6 Å². The summed E-state index contributed by atoms with van der Waals surface area (Å²) in [6.07, 6.45) is -1.51. The van der Waals surface area contributed by atoms with E-state index in [1.54, 1.807) is 0 Å². The summed E-state index contributed by atoms with van der Waals surface area (Å²) >= 11 is 0. The van der Waals surface area contributed by atoms with E-state index in [4.69, 9.17) is 0 Å². The van der Waals surface area contributed by atoms with Crippen molar-refractivity contribution in [2.24, 2.45) is 0 Å². The topological polar surface area (TPSA) is 44.4 Å². The van der Waals surface area contributed by atoms with Gasteiger partial charge in [0.15, 0.2) is 0 Å². The molecule has 2 atom stereocenters. The summed E-state index contributed by atoms with van der Waals surface area (Å²) in [5.74, 6) is 0.0638. The zero-order valence-corrected chi connectivity index (χ0v) is 14.6. The van der Waals surface area contributed by atoms with Gasteiger partial charge in [-0.25, -0.2) is 0 Å². The van der Waals surface area contributed by atoms with Crippen LogP contribution in [-0.4, -0.2) is 42.5 Å². The van der Waals surface area contributed by atoms with Crippen LogP contribution in [0.5, 0.6) is 0 Å². The Kier molecular flexibility index (Phi) is 6.71. The highest BCUT2D eigenvalue weighted by atomic mass is 35.5. The van der Waals surface area contributed by atoms with Crippen LogP contribution < -0.4 is 10.6 Å². The van der Waals surface area contributed by atoms with Crippen LogP contribution in [-0.2, 0) is 17.5 Å². The van der Waals surface area contributed by atoms with Crippen molar-refractivity contribution in [3.05, 3.63) is 35.4 Å². The van der Waals surface area contributed by atoms with Crippen molar-refractivity contribution >= 4 is 18.3 Å². The van der Waals surface area contributed by atoms with Gasteiger partial charge in [-0.1, -0.05) is 12.1 Å². The van der Waals surface area contributed by atoms with Crippen molar-refractivity contribution in [1.29, 1.82) is 0 Å². The Balaban J connectivity index is 0.00000225. The van der Waals surface area contributed by atoms with Crippen molar-refractivity contribution in [2.45, 2.75) is 44.1 Å². The van der Waals surface area contributed by atoms with E-state index in [0.717, 1.165) is 56.6 Å². The third kappa shape index (κ3) is 5.33. The smallest absolute Gasteiger partial charge is 0.351 e. The molecule has 0 bridgehead atoms. The zero-order valence-electron chi connectivity index (χ0n) is 13.8. The number of amides is 1. The fourth-order valence-corrected chi connectivity index (χ4v) is 3.36. The summed E-state index contributed by atoms with van der Waals surface area (Å²) in [4.78, 5) is 14.3. The van der Waals surface area contributed by atoms with E-state index in [2.05, 4.69) is 15.5 Å². The molecule has 0 aliphatic carbocycles. The minimum Gasteiger partial charge on any atom is -0.351 e. The van der Waals surface area contributed by atoms with Crippen LogP contribution in [0.3, 0.4) is 0 Å². The molecule has 2 unspecified atom stereocenters. The Bertz CT molecular complexity index is 573. The normalized spacial score (nSPS) is 24.1. The lowest BCUT2D eigenvalue weighted by atomic mass is 10.1. The molecule has 2 aliphatic rings. The highest BCUT2D eigenvalue weighted by molar-refractivity contribution is 5.85. The van der Waals surface area contributed by atoms with E-state index >= 15 is 0 Å². The first-order valence-corrected chi connectivity index (χ1v) is 8.34. The van der Waals surface area contributed by atoms with Gasteiger partial charge in [-0.3, -0.25) is 9.69 Å². The third-order valence-corrected chi connectivity index (χ3v) is 4.68. The number of alkyl halides is 3. The molecular formula is C17H23ClF3N3O. The summed E-state index contributed by atoms with van der Waals surface area (Å²) in [7, 11) is 0. The van der Waals surface area contributed by atoms with Crippen molar-refractivity contribution in [3.63, 3.8) is 0 Å². The largest absolute Gasteiger partial charge is 0.416 e. The lowest BCUT2D eigenvalue weighted by Gasteiger charge is -2.18. The van der Waals surface area contributed by atoms with Gasteiger partial charge in [0.05, 0.1) is 11.6 Å². The Hall–Kier alpha value is -1.31. The average molecular weight is 378 g/mol. The zero-order chi connectivity index (χ0) is 17.2. The quantitative estimate of drug-likeness (QED) is 0.847. The summed E-state index contributed by atoms with van der Waals surface area (Å²) in [6.45, 7) is 3.07. The molecule has 2 fully saturated rings. The Morgan fingerprint density at radius 1 is 1.24 bits per heavy atom. The van der Waals surface area contributed by atoms with Crippen LogP contribution in [0.15, 0.2) is 24.3 Å². The van der Waals surface area contributed by atoms with Crippen LogP contribution in [0.2, 0.25) is 0 Å². The number of carbonyl (C=O) groups excluding carboxylic acids is 1. The first-order valence-electron chi connectivity index (χ1n) is 8.34. The number of nitrogens with zero attached hydrogens (tertiary/aromatic N) is 1. The fraction of sp³-hybridized carbons (Fsp3) is 0.588. The molecule has 8 heteroatoms. The maximum absolute atomic E-state index is 12.6. The summed E-state index contributed by atoms with van der Waals surface area (Å²) in [5, 5.41) is 6.25. The maximum atomic E-state index is 12.6. The summed E-state index contributed by atoms with van der Waals surface area (Å²) in [5.41, 5.74) is 0.231. The molecule has 2 N–H and O–H groups in total. The van der Waals surface area contributed by atoms with Crippen LogP contribution in [0.4, 0.5) is 13.2 Å².